The van der Waals surface area contributed by atoms with Crippen LogP contribution in [0.25, 0.3) is 0 Å². The monoisotopic (exact) mass is 214 g/mol. The van der Waals surface area contributed by atoms with Crippen LogP contribution in [0.2, 0.25) is 0 Å². The van der Waals surface area contributed by atoms with Crippen molar-refractivity contribution in [3.8, 4) is 0 Å². The number of hydrogen-bond donors (Lipinski definition) is 1. The molecule has 5 heteroatoms. The Balaban J connectivity index is 2.83. The SMILES string of the molecule is CCSCc1cc(C(=O)O)n(CC)n1. The van der Waals surface area contributed by atoms with Crippen LogP contribution in [0.15, 0.2) is 6.07 Å². The average molecular weight is 214 g/mol. The first kappa shape index (κ1) is 11.1. The number of carboxylic acids is 1. The third-order valence-electron chi connectivity index (χ3n) is 1.80. The molecule has 1 aromatic rings. The maximum absolute atomic E-state index is 10.8. The first-order chi connectivity index (χ1) is 6.69. The molecule has 0 atom stereocenters. The van der Waals surface area contributed by atoms with E-state index in [0.717, 1.165) is 17.2 Å². The highest BCUT2D eigenvalue weighted by atomic mass is 32.2. The Bertz CT molecular complexity index is 323. The number of nitrogens with zero attached hydrogens (tertiary/aromatic N) is 2. The largest absolute Gasteiger partial charge is 0.477 e. The molecule has 4 nitrogen and oxygen atoms in total. The van der Waals surface area contributed by atoms with Gasteiger partial charge in [0.25, 0.3) is 0 Å². The van der Waals surface area contributed by atoms with Gasteiger partial charge in [-0.15, -0.1) is 0 Å². The number of rotatable bonds is 5. The van der Waals surface area contributed by atoms with Crippen LogP contribution in [0.4, 0.5) is 0 Å². The summed E-state index contributed by atoms with van der Waals surface area (Å²) < 4.78 is 1.52. The molecule has 1 aromatic heterocycles. The van der Waals surface area contributed by atoms with Crippen molar-refractivity contribution in [1.82, 2.24) is 9.78 Å². The number of aromatic nitrogens is 2. The van der Waals surface area contributed by atoms with Crippen molar-refractivity contribution < 1.29 is 9.90 Å². The van der Waals surface area contributed by atoms with Gasteiger partial charge < -0.3 is 5.11 Å². The van der Waals surface area contributed by atoms with E-state index in [4.69, 9.17) is 5.11 Å². The lowest BCUT2D eigenvalue weighted by Crippen LogP contribution is -2.08. The molecule has 1 N–H and O–H groups in total. The molecular formula is C9H14N2O2S. The van der Waals surface area contributed by atoms with E-state index in [2.05, 4.69) is 12.0 Å². The molecule has 14 heavy (non-hydrogen) atoms. The van der Waals surface area contributed by atoms with Crippen molar-refractivity contribution in [1.29, 1.82) is 0 Å². The summed E-state index contributed by atoms with van der Waals surface area (Å²) in [4.78, 5) is 10.8. The molecule has 0 saturated carbocycles. The first-order valence-corrected chi connectivity index (χ1v) is 5.72. The van der Waals surface area contributed by atoms with E-state index >= 15 is 0 Å². The van der Waals surface area contributed by atoms with Crippen LogP contribution in [-0.2, 0) is 12.3 Å². The molecule has 1 heterocycles. The van der Waals surface area contributed by atoms with E-state index < -0.39 is 5.97 Å². The number of carboxylic acid groups (broad SMARTS) is 1. The minimum Gasteiger partial charge on any atom is -0.477 e. The summed E-state index contributed by atoms with van der Waals surface area (Å²) in [7, 11) is 0. The van der Waals surface area contributed by atoms with Gasteiger partial charge >= 0.3 is 5.97 Å². The molecule has 1 rings (SSSR count). The zero-order valence-corrected chi connectivity index (χ0v) is 9.17. The Labute approximate surface area is 87.3 Å². The number of aryl methyl sites for hydroxylation is 1. The van der Waals surface area contributed by atoms with E-state index in [1.165, 1.54) is 4.68 Å². The predicted molar refractivity (Wildman–Crippen MR) is 56.7 cm³/mol. The van der Waals surface area contributed by atoms with Crippen molar-refractivity contribution in [2.75, 3.05) is 5.75 Å². The summed E-state index contributed by atoms with van der Waals surface area (Å²) in [5.74, 6) is 0.887. The fraction of sp³-hybridized carbons (Fsp3) is 0.556. The molecule has 0 saturated heterocycles. The van der Waals surface area contributed by atoms with E-state index in [-0.39, 0.29) is 5.69 Å². The lowest BCUT2D eigenvalue weighted by molar-refractivity contribution is 0.0683. The quantitative estimate of drug-likeness (QED) is 0.812. The van der Waals surface area contributed by atoms with Gasteiger partial charge in [-0.05, 0) is 18.7 Å². The molecule has 0 aliphatic carbocycles. The Kier molecular flexibility index (Phi) is 4.00. The van der Waals surface area contributed by atoms with Gasteiger partial charge in [0, 0.05) is 12.3 Å². The first-order valence-electron chi connectivity index (χ1n) is 4.56. The summed E-state index contributed by atoms with van der Waals surface area (Å²) in [6.07, 6.45) is 0. The van der Waals surface area contributed by atoms with Crippen LogP contribution in [0.3, 0.4) is 0 Å². The summed E-state index contributed by atoms with van der Waals surface area (Å²) in [5.41, 5.74) is 1.12. The number of thioether (sulfide) groups is 1. The van der Waals surface area contributed by atoms with Gasteiger partial charge in [0.15, 0.2) is 0 Å². The second kappa shape index (κ2) is 5.05. The third-order valence-corrected chi connectivity index (χ3v) is 2.71. The van der Waals surface area contributed by atoms with E-state index in [1.807, 2.05) is 6.92 Å². The van der Waals surface area contributed by atoms with Crippen molar-refractivity contribution in [3.05, 3.63) is 17.5 Å². The second-order valence-electron chi connectivity index (χ2n) is 2.78. The summed E-state index contributed by atoms with van der Waals surface area (Å²) in [5, 5.41) is 13.1. The van der Waals surface area contributed by atoms with Crippen LogP contribution in [0, 0.1) is 0 Å². The minimum absolute atomic E-state index is 0.277. The average Bonchev–Trinajstić information content (AvgIpc) is 2.57. The molecule has 0 radical (unpaired) electrons. The van der Waals surface area contributed by atoms with Gasteiger partial charge in [-0.25, -0.2) is 4.79 Å². The number of carbonyl (C=O) groups is 1. The Morgan fingerprint density at radius 1 is 1.64 bits per heavy atom. The molecule has 0 aromatic carbocycles. The second-order valence-corrected chi connectivity index (χ2v) is 4.05. The Hall–Kier alpha value is -0.970. The fourth-order valence-corrected chi connectivity index (χ4v) is 1.71. The third kappa shape index (κ3) is 2.51. The van der Waals surface area contributed by atoms with Crippen LogP contribution in [-0.4, -0.2) is 26.6 Å². The number of hydrogen-bond acceptors (Lipinski definition) is 3. The lowest BCUT2D eigenvalue weighted by Gasteiger charge is -1.97. The Morgan fingerprint density at radius 2 is 2.36 bits per heavy atom. The zero-order valence-electron chi connectivity index (χ0n) is 8.36. The van der Waals surface area contributed by atoms with Crippen molar-refractivity contribution >= 4 is 17.7 Å². The van der Waals surface area contributed by atoms with Crippen molar-refractivity contribution in [3.63, 3.8) is 0 Å². The van der Waals surface area contributed by atoms with Gasteiger partial charge in [0.05, 0.1) is 5.69 Å². The van der Waals surface area contributed by atoms with E-state index in [0.29, 0.717) is 6.54 Å². The maximum Gasteiger partial charge on any atom is 0.354 e. The fourth-order valence-electron chi connectivity index (χ4n) is 1.16. The van der Waals surface area contributed by atoms with Crippen LogP contribution in [0.5, 0.6) is 0 Å². The van der Waals surface area contributed by atoms with Gasteiger partial charge in [-0.1, -0.05) is 6.92 Å². The van der Waals surface area contributed by atoms with E-state index in [9.17, 15) is 4.79 Å². The molecule has 78 valence electrons. The topological polar surface area (TPSA) is 55.1 Å². The molecular weight excluding hydrogens is 200 g/mol. The molecule has 0 fully saturated rings. The summed E-state index contributed by atoms with van der Waals surface area (Å²) in [6.45, 7) is 4.55. The molecule has 0 bridgehead atoms. The predicted octanol–water partition coefficient (Wildman–Crippen LogP) is 1.85. The van der Waals surface area contributed by atoms with E-state index in [1.54, 1.807) is 17.8 Å². The van der Waals surface area contributed by atoms with Gasteiger partial charge in [-0.3, -0.25) is 4.68 Å². The van der Waals surface area contributed by atoms with Crippen molar-refractivity contribution in [2.24, 2.45) is 0 Å². The molecule has 0 spiro atoms. The minimum atomic E-state index is -0.910. The molecule has 0 unspecified atom stereocenters. The van der Waals surface area contributed by atoms with Crippen LogP contribution >= 0.6 is 11.8 Å². The van der Waals surface area contributed by atoms with Crippen LogP contribution in [0.1, 0.15) is 30.0 Å². The van der Waals surface area contributed by atoms with Crippen LogP contribution < -0.4 is 0 Å². The Morgan fingerprint density at radius 3 is 2.79 bits per heavy atom. The molecule has 0 aliphatic heterocycles. The van der Waals surface area contributed by atoms with Gasteiger partial charge in [0.2, 0.25) is 0 Å². The summed E-state index contributed by atoms with van der Waals surface area (Å²) in [6, 6.07) is 1.65. The highest BCUT2D eigenvalue weighted by Crippen LogP contribution is 2.12. The molecule has 0 amide bonds. The smallest absolute Gasteiger partial charge is 0.354 e. The zero-order chi connectivity index (χ0) is 10.6. The lowest BCUT2D eigenvalue weighted by atomic mass is 10.4. The van der Waals surface area contributed by atoms with Gasteiger partial charge in [-0.2, -0.15) is 16.9 Å². The maximum atomic E-state index is 10.8. The standard InChI is InChI=1S/C9H14N2O2S/c1-3-11-8(9(12)13)5-7(10-11)6-14-4-2/h5H,3-4,6H2,1-2H3,(H,12,13). The summed E-state index contributed by atoms with van der Waals surface area (Å²) >= 11 is 1.74. The highest BCUT2D eigenvalue weighted by Gasteiger charge is 2.12. The van der Waals surface area contributed by atoms with Crippen molar-refractivity contribution in [2.45, 2.75) is 26.1 Å². The normalized spacial score (nSPS) is 10.4. The highest BCUT2D eigenvalue weighted by molar-refractivity contribution is 7.98. The van der Waals surface area contributed by atoms with Gasteiger partial charge in [0.1, 0.15) is 5.69 Å². The molecule has 0 aliphatic rings. The number of aromatic carboxylic acids is 1.